The summed E-state index contributed by atoms with van der Waals surface area (Å²) in [6, 6.07) is 4.64. The smallest absolute Gasteiger partial charge is 0.388 e. The van der Waals surface area contributed by atoms with E-state index in [-0.39, 0.29) is 37.3 Å². The van der Waals surface area contributed by atoms with Gasteiger partial charge in [0.2, 0.25) is 0 Å². The number of aromatic nitrogens is 1. The van der Waals surface area contributed by atoms with Crippen LogP contribution in [0.15, 0.2) is 28.5 Å². The molecule has 2 rings (SSSR count). The van der Waals surface area contributed by atoms with Gasteiger partial charge < -0.3 is 5.73 Å². The van der Waals surface area contributed by atoms with E-state index in [9.17, 15) is 13.2 Å². The molecule has 150 valence electrons. The lowest BCUT2D eigenvalue weighted by Crippen LogP contribution is -2.07. The second-order valence-electron chi connectivity index (χ2n) is 5.49. The van der Waals surface area contributed by atoms with Gasteiger partial charge in [0.1, 0.15) is 28.1 Å². The third-order valence-corrected chi connectivity index (χ3v) is 5.10. The number of nitriles is 2. The standard InChI is InChI=1S/C17H8Cl4F3N5/c1-7-9(6-28-13(5-26)12(27)4-25)16(21)29(15(7)20)14-10(18)2-8(3-11(14)19)17(22,23)24/h2-3,6H,27H2,1H3/b13-12-,28-6?. The van der Waals surface area contributed by atoms with Gasteiger partial charge in [-0.05, 0) is 24.6 Å². The Hall–Kier alpha value is -2.36. The van der Waals surface area contributed by atoms with E-state index >= 15 is 0 Å². The van der Waals surface area contributed by atoms with Crippen LogP contribution in [0.4, 0.5) is 13.2 Å². The van der Waals surface area contributed by atoms with Crippen molar-refractivity contribution in [3.8, 4) is 17.8 Å². The van der Waals surface area contributed by atoms with Gasteiger partial charge in [-0.15, -0.1) is 0 Å². The lowest BCUT2D eigenvalue weighted by atomic mass is 10.2. The normalized spacial score (nSPS) is 12.6. The van der Waals surface area contributed by atoms with Crippen molar-refractivity contribution in [2.75, 3.05) is 0 Å². The average Bonchev–Trinajstić information content (AvgIpc) is 2.84. The van der Waals surface area contributed by atoms with E-state index in [1.165, 1.54) is 0 Å². The number of hydrogen-bond acceptors (Lipinski definition) is 4. The lowest BCUT2D eigenvalue weighted by molar-refractivity contribution is -0.137. The van der Waals surface area contributed by atoms with Gasteiger partial charge in [0.25, 0.3) is 0 Å². The highest BCUT2D eigenvalue weighted by molar-refractivity contribution is 6.40. The Balaban J connectivity index is 2.70. The molecule has 0 unspecified atom stereocenters. The van der Waals surface area contributed by atoms with Crippen LogP contribution < -0.4 is 5.73 Å². The molecule has 0 saturated carbocycles. The summed E-state index contributed by atoms with van der Waals surface area (Å²) in [5.41, 5.74) is 4.12. The van der Waals surface area contributed by atoms with Crippen LogP contribution >= 0.6 is 46.4 Å². The molecule has 2 N–H and O–H groups in total. The van der Waals surface area contributed by atoms with Crippen molar-refractivity contribution in [2.45, 2.75) is 13.1 Å². The summed E-state index contributed by atoms with van der Waals surface area (Å²) in [7, 11) is 0. The van der Waals surface area contributed by atoms with Gasteiger partial charge in [-0.3, -0.25) is 4.57 Å². The van der Waals surface area contributed by atoms with Crippen LogP contribution in [-0.2, 0) is 6.18 Å². The maximum atomic E-state index is 13.0. The van der Waals surface area contributed by atoms with Crippen LogP contribution in [0.5, 0.6) is 0 Å². The van der Waals surface area contributed by atoms with Gasteiger partial charge in [-0.25, -0.2) is 4.99 Å². The number of nitrogens with zero attached hydrogens (tertiary/aromatic N) is 4. The van der Waals surface area contributed by atoms with E-state index in [4.69, 9.17) is 62.7 Å². The SMILES string of the molecule is Cc1c(C=N/C(C#N)=C(\N)C#N)c(Cl)n(-c2c(Cl)cc(C(F)(F)F)cc2Cl)c1Cl. The molecule has 0 aliphatic rings. The monoisotopic (exact) mass is 479 g/mol. The molecule has 1 aromatic carbocycles. The summed E-state index contributed by atoms with van der Waals surface area (Å²) in [6.45, 7) is 1.56. The molecule has 0 bridgehead atoms. The summed E-state index contributed by atoms with van der Waals surface area (Å²) < 4.78 is 40.0. The van der Waals surface area contributed by atoms with Gasteiger partial charge in [0.05, 0.1) is 21.3 Å². The molecule has 0 aliphatic heterocycles. The highest BCUT2D eigenvalue weighted by Gasteiger charge is 2.33. The molecule has 12 heteroatoms. The average molecular weight is 481 g/mol. The summed E-state index contributed by atoms with van der Waals surface area (Å²) in [5.74, 6) is 0. The Bertz CT molecular complexity index is 1110. The largest absolute Gasteiger partial charge is 0.416 e. The molecular weight excluding hydrogens is 473 g/mol. The van der Waals surface area contributed by atoms with E-state index in [1.54, 1.807) is 19.1 Å². The highest BCUT2D eigenvalue weighted by Crippen LogP contribution is 2.42. The second-order valence-corrected chi connectivity index (χ2v) is 7.02. The molecule has 0 aliphatic carbocycles. The van der Waals surface area contributed by atoms with Gasteiger partial charge >= 0.3 is 6.18 Å². The summed E-state index contributed by atoms with van der Waals surface area (Å²) in [5, 5.41) is 17.0. The van der Waals surface area contributed by atoms with Crippen LogP contribution in [0, 0.1) is 29.6 Å². The fraction of sp³-hybridized carbons (Fsp3) is 0.118. The number of alkyl halides is 3. The van der Waals surface area contributed by atoms with Crippen LogP contribution in [0.2, 0.25) is 20.4 Å². The zero-order valence-corrected chi connectivity index (χ0v) is 17.3. The van der Waals surface area contributed by atoms with Gasteiger partial charge in [-0.1, -0.05) is 46.4 Å². The van der Waals surface area contributed by atoms with Crippen molar-refractivity contribution < 1.29 is 13.2 Å². The third-order valence-electron chi connectivity index (χ3n) is 3.70. The fourth-order valence-corrected chi connectivity index (χ4v) is 3.60. The number of nitrogens with two attached hydrogens (primary N) is 1. The van der Waals surface area contributed by atoms with Crippen molar-refractivity contribution in [3.63, 3.8) is 0 Å². The summed E-state index contributed by atoms with van der Waals surface area (Å²) >= 11 is 24.7. The van der Waals surface area contributed by atoms with Crippen LogP contribution in [0.25, 0.3) is 5.69 Å². The Morgan fingerprint density at radius 2 is 1.66 bits per heavy atom. The van der Waals surface area contributed by atoms with Gasteiger partial charge in [0.15, 0.2) is 5.70 Å². The van der Waals surface area contributed by atoms with Gasteiger partial charge in [0, 0.05) is 11.8 Å². The number of allylic oxidation sites excluding steroid dienone is 2. The molecule has 2 aromatic rings. The van der Waals surface area contributed by atoms with Crippen molar-refractivity contribution in [2.24, 2.45) is 10.7 Å². The van der Waals surface area contributed by atoms with E-state index in [2.05, 4.69) is 4.99 Å². The molecule has 0 spiro atoms. The van der Waals surface area contributed by atoms with E-state index < -0.39 is 17.4 Å². The first-order valence-electron chi connectivity index (χ1n) is 7.40. The van der Waals surface area contributed by atoms with Crippen molar-refractivity contribution in [3.05, 3.63) is 60.6 Å². The minimum atomic E-state index is -4.65. The summed E-state index contributed by atoms with van der Waals surface area (Å²) in [4.78, 5) is 3.82. The number of hydrogen-bond donors (Lipinski definition) is 1. The van der Waals surface area contributed by atoms with E-state index in [0.29, 0.717) is 17.7 Å². The molecular formula is C17H8Cl4F3N5. The van der Waals surface area contributed by atoms with Gasteiger partial charge in [-0.2, -0.15) is 23.7 Å². The predicted octanol–water partition coefficient (Wildman–Crippen LogP) is 6.05. The zero-order valence-electron chi connectivity index (χ0n) is 14.2. The first-order valence-corrected chi connectivity index (χ1v) is 8.92. The number of halogens is 7. The molecule has 29 heavy (non-hydrogen) atoms. The van der Waals surface area contributed by atoms with Crippen LogP contribution in [-0.4, -0.2) is 10.8 Å². The maximum absolute atomic E-state index is 13.0. The molecule has 0 saturated heterocycles. The zero-order chi connectivity index (χ0) is 22.1. The molecule has 1 aromatic heterocycles. The number of rotatable bonds is 3. The van der Waals surface area contributed by atoms with Crippen molar-refractivity contribution >= 4 is 52.6 Å². The minimum Gasteiger partial charge on any atom is -0.388 e. The van der Waals surface area contributed by atoms with E-state index in [0.717, 1.165) is 10.8 Å². The highest BCUT2D eigenvalue weighted by atomic mass is 35.5. The Morgan fingerprint density at radius 3 is 2.10 bits per heavy atom. The second kappa shape index (κ2) is 8.56. The molecule has 0 radical (unpaired) electrons. The number of aliphatic imine (C=N–C) groups is 1. The number of benzene rings is 1. The Labute approximate surface area is 183 Å². The summed E-state index contributed by atoms with van der Waals surface area (Å²) in [6.07, 6.45) is -3.50. The molecule has 0 atom stereocenters. The van der Waals surface area contributed by atoms with Crippen LogP contribution in [0.1, 0.15) is 16.7 Å². The molecule has 0 amide bonds. The molecule has 5 nitrogen and oxygen atoms in total. The fourth-order valence-electron chi connectivity index (χ4n) is 2.27. The first kappa shape index (κ1) is 22.9. The molecule has 1 heterocycles. The first-order chi connectivity index (χ1) is 13.4. The third kappa shape index (κ3) is 4.47. The molecule has 0 fully saturated rings. The van der Waals surface area contributed by atoms with E-state index in [1.807, 2.05) is 0 Å². The predicted molar refractivity (Wildman–Crippen MR) is 106 cm³/mol. The quantitative estimate of drug-likeness (QED) is 0.427. The van der Waals surface area contributed by atoms with Crippen molar-refractivity contribution in [1.29, 1.82) is 10.5 Å². The maximum Gasteiger partial charge on any atom is 0.416 e. The van der Waals surface area contributed by atoms with Crippen molar-refractivity contribution in [1.82, 2.24) is 4.57 Å². The Morgan fingerprint density at radius 1 is 1.10 bits per heavy atom. The van der Waals surface area contributed by atoms with Crippen LogP contribution in [0.3, 0.4) is 0 Å². The minimum absolute atomic E-state index is 0.00995. The topological polar surface area (TPSA) is 90.9 Å². The lowest BCUT2D eigenvalue weighted by Gasteiger charge is -2.15. The Kier molecular flexibility index (Phi) is 6.77.